The molecule has 0 radical (unpaired) electrons. The lowest BCUT2D eigenvalue weighted by molar-refractivity contribution is -0.119. The Bertz CT molecular complexity index is 459. The van der Waals surface area contributed by atoms with Crippen molar-refractivity contribution in [1.29, 1.82) is 0 Å². The molecular weight excluding hydrogens is 244 g/mol. The second-order valence-corrected chi connectivity index (χ2v) is 5.58. The summed E-state index contributed by atoms with van der Waals surface area (Å²) in [7, 11) is 0. The third kappa shape index (κ3) is 2.78. The molecule has 3 rings (SSSR count). The number of anilines is 1. The second-order valence-electron chi connectivity index (χ2n) is 5.58. The first-order chi connectivity index (χ1) is 9.22. The van der Waals surface area contributed by atoms with Gasteiger partial charge in [0.25, 0.3) is 0 Å². The van der Waals surface area contributed by atoms with Crippen LogP contribution in [0.3, 0.4) is 0 Å². The van der Waals surface area contributed by atoms with E-state index in [0.717, 1.165) is 18.8 Å². The molecule has 1 saturated heterocycles. The smallest absolute Gasteiger partial charge is 0.315 e. The zero-order chi connectivity index (χ0) is 13.2. The number of piperidine rings is 1. The molecule has 1 aromatic rings. The number of aromatic nitrogens is 2. The van der Waals surface area contributed by atoms with Crippen molar-refractivity contribution >= 4 is 11.9 Å². The molecule has 2 aliphatic rings. The predicted octanol–water partition coefficient (Wildman–Crippen LogP) is 1.63. The lowest BCUT2D eigenvalue weighted by Crippen LogP contribution is -2.53. The van der Waals surface area contributed by atoms with Gasteiger partial charge in [-0.05, 0) is 38.5 Å². The standard InChI is InChI=1S/C13H20N4O2/c1-8-14-13(19-17-8)16-12(18)11-7-6-9-4-2-3-5-10(9)15-11/h9-11,15H,2-7H2,1H3,(H,14,16,17,18). The minimum absolute atomic E-state index is 0.0623. The molecule has 0 aromatic carbocycles. The van der Waals surface area contributed by atoms with E-state index < -0.39 is 0 Å². The molecule has 2 N–H and O–H groups in total. The summed E-state index contributed by atoms with van der Waals surface area (Å²) >= 11 is 0. The fourth-order valence-electron chi connectivity index (χ4n) is 3.24. The number of nitrogens with zero attached hydrogens (tertiary/aromatic N) is 2. The third-order valence-electron chi connectivity index (χ3n) is 4.22. The van der Waals surface area contributed by atoms with Gasteiger partial charge in [-0.3, -0.25) is 10.1 Å². The molecule has 6 nitrogen and oxygen atoms in total. The van der Waals surface area contributed by atoms with Gasteiger partial charge in [-0.25, -0.2) is 0 Å². The Morgan fingerprint density at radius 2 is 2.16 bits per heavy atom. The van der Waals surface area contributed by atoms with E-state index in [1.165, 1.54) is 25.7 Å². The van der Waals surface area contributed by atoms with Crippen LogP contribution in [0, 0.1) is 12.8 Å². The molecule has 104 valence electrons. The number of carbonyl (C=O) groups excluding carboxylic acids is 1. The van der Waals surface area contributed by atoms with Crippen molar-refractivity contribution < 1.29 is 9.32 Å². The minimum atomic E-state index is -0.133. The van der Waals surface area contributed by atoms with Gasteiger partial charge >= 0.3 is 6.01 Å². The number of nitrogens with one attached hydrogen (secondary N) is 2. The SMILES string of the molecule is Cc1noc(NC(=O)C2CCC3CCCCC3N2)n1. The molecule has 0 bridgehead atoms. The highest BCUT2D eigenvalue weighted by Gasteiger charge is 2.34. The van der Waals surface area contributed by atoms with Crippen molar-refractivity contribution in [3.05, 3.63) is 5.82 Å². The average Bonchev–Trinajstić information content (AvgIpc) is 2.83. The molecule has 0 spiro atoms. The Kier molecular flexibility index (Phi) is 3.50. The molecular formula is C13H20N4O2. The molecule has 6 heteroatoms. The van der Waals surface area contributed by atoms with Crippen LogP contribution < -0.4 is 10.6 Å². The molecule has 1 aliphatic heterocycles. The van der Waals surface area contributed by atoms with Crippen LogP contribution in [-0.2, 0) is 4.79 Å². The summed E-state index contributed by atoms with van der Waals surface area (Å²) in [4.78, 5) is 16.1. The summed E-state index contributed by atoms with van der Waals surface area (Å²) in [6.45, 7) is 1.73. The second kappa shape index (κ2) is 5.28. The first kappa shape index (κ1) is 12.6. The van der Waals surface area contributed by atoms with Crippen LogP contribution in [0.4, 0.5) is 6.01 Å². The van der Waals surface area contributed by atoms with Crippen molar-refractivity contribution in [2.75, 3.05) is 5.32 Å². The lowest BCUT2D eigenvalue weighted by atomic mass is 9.77. The van der Waals surface area contributed by atoms with E-state index in [9.17, 15) is 4.79 Å². The largest absolute Gasteiger partial charge is 0.328 e. The normalized spacial score (nSPS) is 30.7. The highest BCUT2D eigenvalue weighted by Crippen LogP contribution is 2.32. The first-order valence-corrected chi connectivity index (χ1v) is 7.09. The summed E-state index contributed by atoms with van der Waals surface area (Å²) in [6, 6.07) is 0.560. The van der Waals surface area contributed by atoms with E-state index in [0.29, 0.717) is 11.9 Å². The van der Waals surface area contributed by atoms with Crippen molar-refractivity contribution in [2.24, 2.45) is 5.92 Å². The number of hydrogen-bond donors (Lipinski definition) is 2. The quantitative estimate of drug-likeness (QED) is 0.848. The van der Waals surface area contributed by atoms with E-state index in [1.54, 1.807) is 6.92 Å². The van der Waals surface area contributed by atoms with Gasteiger partial charge in [0, 0.05) is 6.04 Å². The van der Waals surface area contributed by atoms with Gasteiger partial charge in [0.15, 0.2) is 5.82 Å². The zero-order valence-corrected chi connectivity index (χ0v) is 11.2. The van der Waals surface area contributed by atoms with Crippen LogP contribution in [0.15, 0.2) is 4.52 Å². The van der Waals surface area contributed by atoms with Gasteiger partial charge in [-0.2, -0.15) is 4.98 Å². The van der Waals surface area contributed by atoms with E-state index in [4.69, 9.17) is 4.52 Å². The molecule has 2 heterocycles. The van der Waals surface area contributed by atoms with Crippen molar-refractivity contribution in [3.63, 3.8) is 0 Å². The highest BCUT2D eigenvalue weighted by molar-refractivity contribution is 5.93. The molecule has 2 fully saturated rings. The average molecular weight is 264 g/mol. The van der Waals surface area contributed by atoms with Crippen LogP contribution in [-0.4, -0.2) is 28.1 Å². The Morgan fingerprint density at radius 1 is 1.32 bits per heavy atom. The summed E-state index contributed by atoms with van der Waals surface area (Å²) in [6.07, 6.45) is 7.12. The number of fused-ring (bicyclic) bond motifs is 1. The molecule has 3 unspecified atom stereocenters. The number of carbonyl (C=O) groups is 1. The van der Waals surface area contributed by atoms with Gasteiger partial charge in [0.2, 0.25) is 5.91 Å². The van der Waals surface area contributed by atoms with Crippen LogP contribution in [0.25, 0.3) is 0 Å². The molecule has 19 heavy (non-hydrogen) atoms. The maximum absolute atomic E-state index is 12.1. The molecule has 3 atom stereocenters. The van der Waals surface area contributed by atoms with Crippen LogP contribution in [0.5, 0.6) is 0 Å². The van der Waals surface area contributed by atoms with E-state index in [2.05, 4.69) is 20.8 Å². The van der Waals surface area contributed by atoms with Gasteiger partial charge < -0.3 is 9.84 Å². The van der Waals surface area contributed by atoms with Crippen LogP contribution in [0.2, 0.25) is 0 Å². The molecule has 1 amide bonds. The van der Waals surface area contributed by atoms with Gasteiger partial charge in [0.1, 0.15) is 0 Å². The monoisotopic (exact) mass is 264 g/mol. The Hall–Kier alpha value is -1.43. The highest BCUT2D eigenvalue weighted by atomic mass is 16.5. The first-order valence-electron chi connectivity index (χ1n) is 7.09. The molecule has 1 aromatic heterocycles. The fourth-order valence-corrected chi connectivity index (χ4v) is 3.24. The third-order valence-corrected chi connectivity index (χ3v) is 4.22. The fraction of sp³-hybridized carbons (Fsp3) is 0.769. The van der Waals surface area contributed by atoms with Crippen molar-refractivity contribution in [1.82, 2.24) is 15.5 Å². The van der Waals surface area contributed by atoms with Crippen LogP contribution >= 0.6 is 0 Å². The Morgan fingerprint density at radius 3 is 2.95 bits per heavy atom. The maximum atomic E-state index is 12.1. The summed E-state index contributed by atoms with van der Waals surface area (Å²) in [5.41, 5.74) is 0. The minimum Gasteiger partial charge on any atom is -0.315 e. The maximum Gasteiger partial charge on any atom is 0.328 e. The summed E-state index contributed by atoms with van der Waals surface area (Å²) in [5, 5.41) is 9.83. The van der Waals surface area contributed by atoms with Crippen LogP contribution in [0.1, 0.15) is 44.3 Å². The van der Waals surface area contributed by atoms with E-state index >= 15 is 0 Å². The van der Waals surface area contributed by atoms with Gasteiger partial charge in [-0.1, -0.05) is 18.0 Å². The summed E-state index contributed by atoms with van der Waals surface area (Å²) in [5.74, 6) is 1.22. The predicted molar refractivity (Wildman–Crippen MR) is 69.6 cm³/mol. The topological polar surface area (TPSA) is 80.0 Å². The number of aryl methyl sites for hydroxylation is 1. The van der Waals surface area contributed by atoms with Gasteiger partial charge in [0.05, 0.1) is 6.04 Å². The van der Waals surface area contributed by atoms with E-state index in [1.807, 2.05) is 0 Å². The van der Waals surface area contributed by atoms with Crippen molar-refractivity contribution in [3.8, 4) is 0 Å². The van der Waals surface area contributed by atoms with Gasteiger partial charge in [-0.15, -0.1) is 0 Å². The number of rotatable bonds is 2. The lowest BCUT2D eigenvalue weighted by Gasteiger charge is -2.39. The van der Waals surface area contributed by atoms with Crippen molar-refractivity contribution in [2.45, 2.75) is 57.5 Å². The van der Waals surface area contributed by atoms with E-state index in [-0.39, 0.29) is 18.0 Å². The Labute approximate surface area is 112 Å². The zero-order valence-electron chi connectivity index (χ0n) is 11.2. The number of amides is 1. The Balaban J connectivity index is 1.58. The number of hydrogen-bond acceptors (Lipinski definition) is 5. The molecule has 1 saturated carbocycles. The molecule has 1 aliphatic carbocycles. The summed E-state index contributed by atoms with van der Waals surface area (Å²) < 4.78 is 4.91.